The van der Waals surface area contributed by atoms with Crippen molar-refractivity contribution in [2.75, 3.05) is 13.2 Å². The van der Waals surface area contributed by atoms with Crippen LogP contribution in [0.25, 0.3) is 0 Å². The van der Waals surface area contributed by atoms with Gasteiger partial charge in [0.15, 0.2) is 5.41 Å². The van der Waals surface area contributed by atoms with Gasteiger partial charge in [-0.1, -0.05) is 76.8 Å². The fraction of sp³-hybridized carbons (Fsp3) is 0.636. The summed E-state index contributed by atoms with van der Waals surface area (Å²) in [6.45, 7) is 6.49. The van der Waals surface area contributed by atoms with Crippen LogP contribution in [-0.2, 0) is 25.5 Å². The van der Waals surface area contributed by atoms with E-state index in [1.807, 2.05) is 44.2 Å². The second-order valence-corrected chi connectivity index (χ2v) is 6.71. The van der Waals surface area contributed by atoms with Crippen LogP contribution in [0, 0.1) is 5.41 Å². The first-order valence-corrected chi connectivity index (χ1v) is 9.99. The summed E-state index contributed by atoms with van der Waals surface area (Å²) in [7, 11) is 0. The molecule has 0 bridgehead atoms. The van der Waals surface area contributed by atoms with Crippen molar-refractivity contribution in [2.24, 2.45) is 5.41 Å². The van der Waals surface area contributed by atoms with E-state index in [4.69, 9.17) is 9.47 Å². The molecule has 0 radical (unpaired) electrons. The minimum absolute atomic E-state index is 0.273. The quantitative estimate of drug-likeness (QED) is 0.278. The van der Waals surface area contributed by atoms with Gasteiger partial charge in [-0.3, -0.25) is 9.59 Å². The predicted octanol–water partition coefficient (Wildman–Crippen LogP) is 5.09. The van der Waals surface area contributed by atoms with E-state index >= 15 is 0 Å². The lowest BCUT2D eigenvalue weighted by Gasteiger charge is -2.27. The minimum Gasteiger partial charge on any atom is -0.465 e. The van der Waals surface area contributed by atoms with E-state index in [2.05, 4.69) is 6.92 Å². The summed E-state index contributed by atoms with van der Waals surface area (Å²) in [5.41, 5.74) is -0.0753. The Morgan fingerprint density at radius 3 is 1.96 bits per heavy atom. The highest BCUT2D eigenvalue weighted by Crippen LogP contribution is 2.30. The average Bonchev–Trinajstić information content (AvgIpc) is 2.67. The van der Waals surface area contributed by atoms with Crippen molar-refractivity contribution in [3.63, 3.8) is 0 Å². The normalized spacial score (nSPS) is 11.2. The molecule has 0 fully saturated rings. The van der Waals surface area contributed by atoms with Crippen molar-refractivity contribution >= 4 is 11.9 Å². The van der Waals surface area contributed by atoms with Crippen molar-refractivity contribution in [1.29, 1.82) is 0 Å². The highest BCUT2D eigenvalue weighted by Gasteiger charge is 2.45. The Morgan fingerprint density at radius 1 is 0.808 bits per heavy atom. The van der Waals surface area contributed by atoms with Gasteiger partial charge in [-0.2, -0.15) is 0 Å². The maximum absolute atomic E-state index is 12.6. The third kappa shape index (κ3) is 6.81. The Morgan fingerprint density at radius 2 is 1.38 bits per heavy atom. The summed E-state index contributed by atoms with van der Waals surface area (Å²) in [4.78, 5) is 25.2. The molecule has 0 aliphatic carbocycles. The zero-order chi connectivity index (χ0) is 19.3. The minimum atomic E-state index is -1.18. The molecular weight excluding hydrogens is 328 g/mol. The second kappa shape index (κ2) is 12.5. The second-order valence-electron chi connectivity index (χ2n) is 6.71. The number of carbonyl (C=O) groups excluding carboxylic acids is 2. The maximum atomic E-state index is 12.6. The zero-order valence-corrected chi connectivity index (χ0v) is 16.6. The Bertz CT molecular complexity index is 520. The summed E-state index contributed by atoms with van der Waals surface area (Å²) >= 11 is 0. The number of carbonyl (C=O) groups is 2. The Balaban J connectivity index is 2.49. The van der Waals surface area contributed by atoms with E-state index in [0.717, 1.165) is 24.8 Å². The molecule has 4 nitrogen and oxygen atoms in total. The first kappa shape index (κ1) is 22.2. The van der Waals surface area contributed by atoms with Gasteiger partial charge in [0.1, 0.15) is 0 Å². The van der Waals surface area contributed by atoms with Crippen LogP contribution in [0.2, 0.25) is 0 Å². The average molecular weight is 363 g/mol. The largest absolute Gasteiger partial charge is 0.465 e. The molecule has 146 valence electrons. The SMILES string of the molecule is CCCCCCCOC(=O)C(CC)(CC)C(=O)OCCc1ccccc1. The number of esters is 2. The van der Waals surface area contributed by atoms with Gasteiger partial charge in [0, 0.05) is 6.42 Å². The van der Waals surface area contributed by atoms with Crippen LogP contribution in [0.1, 0.15) is 71.3 Å². The van der Waals surface area contributed by atoms with Gasteiger partial charge in [-0.25, -0.2) is 0 Å². The van der Waals surface area contributed by atoms with Gasteiger partial charge in [0.25, 0.3) is 0 Å². The monoisotopic (exact) mass is 362 g/mol. The van der Waals surface area contributed by atoms with Crippen LogP contribution in [0.15, 0.2) is 30.3 Å². The van der Waals surface area contributed by atoms with E-state index < -0.39 is 17.4 Å². The number of unbranched alkanes of at least 4 members (excludes halogenated alkanes) is 4. The fourth-order valence-electron chi connectivity index (χ4n) is 2.96. The summed E-state index contributed by atoms with van der Waals surface area (Å²) in [6.07, 6.45) is 6.86. The number of ether oxygens (including phenoxy) is 2. The third-order valence-electron chi connectivity index (χ3n) is 4.94. The van der Waals surface area contributed by atoms with Crippen molar-refractivity contribution in [1.82, 2.24) is 0 Å². The number of benzene rings is 1. The van der Waals surface area contributed by atoms with E-state index in [1.54, 1.807) is 0 Å². The summed E-state index contributed by atoms with van der Waals surface area (Å²) in [6, 6.07) is 9.85. The zero-order valence-electron chi connectivity index (χ0n) is 16.6. The van der Waals surface area contributed by atoms with Gasteiger partial charge in [0.05, 0.1) is 13.2 Å². The molecule has 0 aliphatic rings. The molecule has 0 unspecified atom stereocenters. The van der Waals surface area contributed by atoms with Crippen LogP contribution in [-0.4, -0.2) is 25.2 Å². The van der Waals surface area contributed by atoms with Gasteiger partial charge in [0.2, 0.25) is 0 Å². The van der Waals surface area contributed by atoms with Gasteiger partial charge in [-0.05, 0) is 24.8 Å². The molecule has 0 aromatic heterocycles. The van der Waals surface area contributed by atoms with E-state index in [9.17, 15) is 9.59 Å². The van der Waals surface area contributed by atoms with Crippen LogP contribution in [0.4, 0.5) is 0 Å². The predicted molar refractivity (Wildman–Crippen MR) is 104 cm³/mol. The molecule has 0 amide bonds. The van der Waals surface area contributed by atoms with Crippen LogP contribution in [0.3, 0.4) is 0 Å². The van der Waals surface area contributed by atoms with Crippen molar-refractivity contribution in [2.45, 2.75) is 72.1 Å². The summed E-state index contributed by atoms with van der Waals surface area (Å²) in [5, 5.41) is 0. The lowest BCUT2D eigenvalue weighted by Crippen LogP contribution is -2.41. The van der Waals surface area contributed by atoms with Gasteiger partial charge < -0.3 is 9.47 Å². The lowest BCUT2D eigenvalue weighted by atomic mass is 9.82. The Labute approximate surface area is 158 Å². The van der Waals surface area contributed by atoms with E-state index in [-0.39, 0.29) is 6.61 Å². The molecule has 1 rings (SSSR count). The molecule has 26 heavy (non-hydrogen) atoms. The highest BCUT2D eigenvalue weighted by atomic mass is 16.6. The molecule has 1 aromatic carbocycles. The summed E-state index contributed by atoms with van der Waals surface area (Å²) in [5.74, 6) is -0.905. The van der Waals surface area contributed by atoms with Crippen LogP contribution in [0.5, 0.6) is 0 Å². The topological polar surface area (TPSA) is 52.6 Å². The van der Waals surface area contributed by atoms with Gasteiger partial charge >= 0.3 is 11.9 Å². The molecule has 0 heterocycles. The Hall–Kier alpha value is -1.84. The Kier molecular flexibility index (Phi) is 10.7. The standard InChI is InChI=1S/C22H34O4/c1-4-7-8-9-13-17-25-20(23)22(5-2,6-3)21(24)26-18-16-19-14-11-10-12-15-19/h10-12,14-15H,4-9,13,16-18H2,1-3H3. The molecule has 4 heteroatoms. The van der Waals surface area contributed by atoms with Gasteiger partial charge in [-0.15, -0.1) is 0 Å². The molecule has 0 saturated heterocycles. The highest BCUT2D eigenvalue weighted by molar-refractivity contribution is 6.00. The summed E-state index contributed by atoms with van der Waals surface area (Å²) < 4.78 is 10.8. The smallest absolute Gasteiger partial charge is 0.323 e. The lowest BCUT2D eigenvalue weighted by molar-refractivity contribution is -0.173. The number of rotatable bonds is 13. The molecular formula is C22H34O4. The molecule has 0 atom stereocenters. The van der Waals surface area contributed by atoms with Crippen LogP contribution >= 0.6 is 0 Å². The number of hydrogen-bond acceptors (Lipinski definition) is 4. The van der Waals surface area contributed by atoms with Crippen molar-refractivity contribution in [3.8, 4) is 0 Å². The molecule has 0 spiro atoms. The number of hydrogen-bond donors (Lipinski definition) is 0. The van der Waals surface area contributed by atoms with Crippen molar-refractivity contribution < 1.29 is 19.1 Å². The van der Waals surface area contributed by atoms with E-state index in [0.29, 0.717) is 25.9 Å². The molecule has 0 saturated carbocycles. The third-order valence-corrected chi connectivity index (χ3v) is 4.94. The molecule has 0 N–H and O–H groups in total. The maximum Gasteiger partial charge on any atom is 0.323 e. The first-order valence-electron chi connectivity index (χ1n) is 9.99. The first-order chi connectivity index (χ1) is 12.6. The van der Waals surface area contributed by atoms with E-state index in [1.165, 1.54) is 12.8 Å². The fourth-order valence-corrected chi connectivity index (χ4v) is 2.96. The van der Waals surface area contributed by atoms with Crippen LogP contribution < -0.4 is 0 Å². The van der Waals surface area contributed by atoms with Crippen molar-refractivity contribution in [3.05, 3.63) is 35.9 Å². The molecule has 1 aromatic rings. The molecule has 0 aliphatic heterocycles.